The molecule has 0 aromatic heterocycles. The summed E-state index contributed by atoms with van der Waals surface area (Å²) >= 11 is 6.04. The van der Waals surface area contributed by atoms with Crippen LogP contribution in [0.15, 0.2) is 24.3 Å². The highest BCUT2D eigenvalue weighted by molar-refractivity contribution is 6.30. The highest BCUT2D eigenvalue weighted by Crippen LogP contribution is 2.46. The summed E-state index contributed by atoms with van der Waals surface area (Å²) in [4.78, 5) is 42.4. The first kappa shape index (κ1) is 28.3. The fourth-order valence-electron chi connectivity index (χ4n) is 5.25. The van der Waals surface area contributed by atoms with Crippen LogP contribution in [0.2, 0.25) is 5.02 Å². The molecule has 9 heteroatoms. The van der Waals surface area contributed by atoms with Crippen molar-refractivity contribution in [3.8, 4) is 0 Å². The molecule has 2 aliphatic rings. The summed E-state index contributed by atoms with van der Waals surface area (Å²) in [7, 11) is 0. The Morgan fingerprint density at radius 3 is 2.22 bits per heavy atom. The molecule has 36 heavy (non-hydrogen) atoms. The van der Waals surface area contributed by atoms with E-state index < -0.39 is 17.1 Å². The second-order valence-corrected chi connectivity index (χ2v) is 12.0. The summed E-state index contributed by atoms with van der Waals surface area (Å²) in [5, 5.41) is 18.1. The molecule has 0 unspecified atom stereocenters. The van der Waals surface area contributed by atoms with Crippen molar-refractivity contribution in [2.75, 3.05) is 26.2 Å². The number of hydrogen-bond acceptors (Lipinski definition) is 4. The quantitative estimate of drug-likeness (QED) is 0.535. The van der Waals surface area contributed by atoms with E-state index in [1.165, 1.54) is 0 Å². The first-order chi connectivity index (χ1) is 16.7. The molecule has 0 bridgehead atoms. The van der Waals surface area contributed by atoms with Crippen LogP contribution in [-0.4, -0.2) is 71.0 Å². The van der Waals surface area contributed by atoms with Crippen molar-refractivity contribution in [3.63, 3.8) is 0 Å². The number of benzene rings is 1. The molecule has 2 saturated heterocycles. The zero-order valence-corrected chi connectivity index (χ0v) is 23.1. The molecule has 2 heterocycles. The van der Waals surface area contributed by atoms with Gasteiger partial charge in [-0.15, -0.1) is 0 Å². The predicted octanol–water partition coefficient (Wildman–Crippen LogP) is 3.37. The zero-order chi connectivity index (χ0) is 26.8. The second kappa shape index (κ2) is 11.0. The van der Waals surface area contributed by atoms with Crippen molar-refractivity contribution in [2.45, 2.75) is 72.1 Å². The maximum Gasteiger partial charge on any atom is 0.317 e. The number of carbonyl (C=O) groups excluding carboxylic acids is 3. The van der Waals surface area contributed by atoms with Crippen molar-refractivity contribution < 1.29 is 19.5 Å². The Kier molecular flexibility index (Phi) is 8.61. The molecule has 3 N–H and O–H groups in total. The SMILES string of the molecule is CC(C)NC(=O)N1CC[C@@H](C(=O)N[C@@H](C(=O)N2CC[C@](O)(c3ccc(Cl)cc3)C(C)(C)C2)C(C)C)C1. The van der Waals surface area contributed by atoms with Gasteiger partial charge < -0.3 is 25.5 Å². The normalized spacial score (nSPS) is 24.7. The minimum absolute atomic E-state index is 0.0273. The number of likely N-dealkylation sites (tertiary alicyclic amines) is 2. The number of nitrogens with one attached hydrogen (secondary N) is 2. The van der Waals surface area contributed by atoms with Gasteiger partial charge in [-0.25, -0.2) is 4.79 Å². The lowest BCUT2D eigenvalue weighted by Crippen LogP contribution is -2.60. The summed E-state index contributed by atoms with van der Waals surface area (Å²) < 4.78 is 0. The Bertz CT molecular complexity index is 965. The fraction of sp³-hybridized carbons (Fsp3) is 0.667. The lowest BCUT2D eigenvalue weighted by molar-refractivity contribution is -0.157. The molecule has 2 aliphatic heterocycles. The number of urea groups is 1. The van der Waals surface area contributed by atoms with E-state index in [-0.39, 0.29) is 35.7 Å². The van der Waals surface area contributed by atoms with Gasteiger partial charge in [0.25, 0.3) is 0 Å². The molecule has 200 valence electrons. The van der Waals surface area contributed by atoms with Crippen LogP contribution in [-0.2, 0) is 15.2 Å². The molecule has 1 aromatic rings. The van der Waals surface area contributed by atoms with Gasteiger partial charge in [0, 0.05) is 42.7 Å². The maximum absolute atomic E-state index is 13.6. The van der Waals surface area contributed by atoms with Crippen LogP contribution in [0.25, 0.3) is 0 Å². The van der Waals surface area contributed by atoms with E-state index >= 15 is 0 Å². The summed E-state index contributed by atoms with van der Waals surface area (Å²) in [5.74, 6) is -0.791. The lowest BCUT2D eigenvalue weighted by atomic mass is 9.66. The minimum Gasteiger partial charge on any atom is -0.384 e. The van der Waals surface area contributed by atoms with Crippen LogP contribution in [0.3, 0.4) is 0 Å². The third-order valence-electron chi connectivity index (χ3n) is 7.57. The molecule has 0 saturated carbocycles. The zero-order valence-electron chi connectivity index (χ0n) is 22.3. The van der Waals surface area contributed by atoms with Crippen molar-refractivity contribution in [1.29, 1.82) is 0 Å². The largest absolute Gasteiger partial charge is 0.384 e. The van der Waals surface area contributed by atoms with Crippen LogP contribution in [0.1, 0.15) is 59.9 Å². The van der Waals surface area contributed by atoms with Crippen LogP contribution in [0.5, 0.6) is 0 Å². The molecule has 2 fully saturated rings. The van der Waals surface area contributed by atoms with E-state index in [4.69, 9.17) is 11.6 Å². The van der Waals surface area contributed by atoms with Crippen molar-refractivity contribution in [2.24, 2.45) is 17.3 Å². The molecule has 0 aliphatic carbocycles. The molecular weight excluding hydrogens is 480 g/mol. The van der Waals surface area contributed by atoms with Gasteiger partial charge in [-0.1, -0.05) is 51.4 Å². The third-order valence-corrected chi connectivity index (χ3v) is 7.82. The molecule has 1 aromatic carbocycles. The first-order valence-electron chi connectivity index (χ1n) is 12.9. The van der Waals surface area contributed by atoms with Gasteiger partial charge in [-0.2, -0.15) is 0 Å². The van der Waals surface area contributed by atoms with Gasteiger partial charge >= 0.3 is 6.03 Å². The number of hydrogen-bond donors (Lipinski definition) is 3. The topological polar surface area (TPSA) is 102 Å². The van der Waals surface area contributed by atoms with Crippen molar-refractivity contribution >= 4 is 29.4 Å². The Hall–Kier alpha value is -2.32. The Morgan fingerprint density at radius 2 is 1.67 bits per heavy atom. The van der Waals surface area contributed by atoms with Gasteiger partial charge in [0.15, 0.2) is 0 Å². The van der Waals surface area contributed by atoms with Crippen LogP contribution in [0.4, 0.5) is 4.79 Å². The van der Waals surface area contributed by atoms with E-state index in [9.17, 15) is 19.5 Å². The number of rotatable bonds is 6. The molecule has 0 radical (unpaired) electrons. The molecular formula is C27H41ClN4O4. The minimum atomic E-state index is -1.10. The standard InChI is InChI=1S/C27H41ClN4O4/c1-17(2)22(30-23(33)19-11-13-31(15-19)25(35)29-18(3)4)24(34)32-14-12-27(36,26(5,6)16-32)20-7-9-21(28)10-8-20/h7-10,17-19,22,36H,11-16H2,1-6H3,(H,29,35)(H,30,33)/t19-,22-,27+/m1/s1. The molecule has 4 amide bonds. The number of halogens is 1. The lowest BCUT2D eigenvalue weighted by Gasteiger charge is -2.51. The van der Waals surface area contributed by atoms with Crippen LogP contribution in [0, 0.1) is 17.3 Å². The van der Waals surface area contributed by atoms with E-state index in [0.717, 1.165) is 5.56 Å². The van der Waals surface area contributed by atoms with Crippen LogP contribution >= 0.6 is 11.6 Å². The number of carbonyl (C=O) groups is 3. The molecule has 3 atom stereocenters. The summed E-state index contributed by atoms with van der Waals surface area (Å²) in [6.45, 7) is 13.1. The molecule has 8 nitrogen and oxygen atoms in total. The second-order valence-electron chi connectivity index (χ2n) is 11.5. The fourth-order valence-corrected chi connectivity index (χ4v) is 5.38. The van der Waals surface area contributed by atoms with E-state index in [2.05, 4.69) is 10.6 Å². The van der Waals surface area contributed by atoms with Gasteiger partial charge in [0.1, 0.15) is 6.04 Å². The Labute approximate surface area is 219 Å². The Morgan fingerprint density at radius 1 is 1.03 bits per heavy atom. The number of piperidine rings is 1. The van der Waals surface area contributed by atoms with Crippen molar-refractivity contribution in [1.82, 2.24) is 20.4 Å². The third kappa shape index (κ3) is 5.97. The summed E-state index contributed by atoms with van der Waals surface area (Å²) in [5.41, 5.74) is -0.935. The average Bonchev–Trinajstić information content (AvgIpc) is 3.29. The van der Waals surface area contributed by atoms with E-state index in [1.54, 1.807) is 21.9 Å². The molecule has 0 spiro atoms. The molecule has 3 rings (SSSR count). The first-order valence-corrected chi connectivity index (χ1v) is 13.3. The number of amides is 4. The van der Waals surface area contributed by atoms with Crippen molar-refractivity contribution in [3.05, 3.63) is 34.9 Å². The summed E-state index contributed by atoms with van der Waals surface area (Å²) in [6, 6.07) is 6.40. The average molecular weight is 521 g/mol. The maximum atomic E-state index is 13.6. The van der Waals surface area contributed by atoms with Gasteiger partial charge in [-0.3, -0.25) is 9.59 Å². The highest BCUT2D eigenvalue weighted by atomic mass is 35.5. The monoisotopic (exact) mass is 520 g/mol. The van der Waals surface area contributed by atoms with Gasteiger partial charge in [0.2, 0.25) is 11.8 Å². The van der Waals surface area contributed by atoms with Gasteiger partial charge in [-0.05, 0) is 50.3 Å². The summed E-state index contributed by atoms with van der Waals surface area (Å²) in [6.07, 6.45) is 0.954. The highest BCUT2D eigenvalue weighted by Gasteiger charge is 2.50. The van der Waals surface area contributed by atoms with Crippen LogP contribution < -0.4 is 10.6 Å². The Balaban J connectivity index is 1.66. The smallest absolute Gasteiger partial charge is 0.317 e. The van der Waals surface area contributed by atoms with Gasteiger partial charge in [0.05, 0.1) is 11.5 Å². The van der Waals surface area contributed by atoms with E-state index in [1.807, 2.05) is 53.7 Å². The number of aliphatic hydroxyl groups is 1. The van der Waals surface area contributed by atoms with E-state index in [0.29, 0.717) is 44.0 Å². The number of nitrogens with zero attached hydrogens (tertiary/aromatic N) is 2. The predicted molar refractivity (Wildman–Crippen MR) is 140 cm³/mol.